The molecule has 2 saturated heterocycles. The van der Waals surface area contributed by atoms with Gasteiger partial charge in [-0.3, -0.25) is 9.59 Å². The van der Waals surface area contributed by atoms with E-state index in [0.717, 1.165) is 81.9 Å². The zero-order valence-corrected chi connectivity index (χ0v) is 38.7. The number of aromatic nitrogens is 4. The van der Waals surface area contributed by atoms with Crippen LogP contribution in [0, 0.1) is 11.8 Å². The number of carbonyl (C=O) groups is 4. The van der Waals surface area contributed by atoms with Gasteiger partial charge in [-0.1, -0.05) is 56.9 Å². The van der Waals surface area contributed by atoms with E-state index < -0.39 is 30.3 Å². The predicted molar refractivity (Wildman–Crippen MR) is 248 cm³/mol. The fourth-order valence-corrected chi connectivity index (χ4v) is 9.89. The van der Waals surface area contributed by atoms with Gasteiger partial charge in [-0.25, -0.2) is 19.6 Å². The molecule has 66 heavy (non-hydrogen) atoms. The number of rotatable bonds is 13. The van der Waals surface area contributed by atoms with E-state index in [-0.39, 0.29) is 35.7 Å². The molecule has 3 aliphatic heterocycles. The number of ether oxygens (including phenoxy) is 4. The summed E-state index contributed by atoms with van der Waals surface area (Å²) in [5.74, 6) is 1.62. The molecule has 4 aromatic rings. The van der Waals surface area contributed by atoms with E-state index in [2.05, 4.69) is 57.5 Å². The van der Waals surface area contributed by atoms with Crippen LogP contribution >= 0.6 is 0 Å². The van der Waals surface area contributed by atoms with Crippen molar-refractivity contribution < 1.29 is 38.1 Å². The number of allylic oxidation sites excluding steroid dienone is 3. The highest BCUT2D eigenvalue weighted by Crippen LogP contribution is 2.46. The summed E-state index contributed by atoms with van der Waals surface area (Å²) < 4.78 is 21.7. The van der Waals surface area contributed by atoms with Gasteiger partial charge >= 0.3 is 12.2 Å². The van der Waals surface area contributed by atoms with Crippen LogP contribution in [-0.4, -0.2) is 106 Å². The number of amides is 4. The molecule has 0 unspecified atom stereocenters. The van der Waals surface area contributed by atoms with E-state index in [9.17, 15) is 19.2 Å². The monoisotopic (exact) mass is 900 g/mol. The molecule has 4 N–H and O–H groups in total. The Morgan fingerprint density at radius 2 is 1.71 bits per heavy atom. The zero-order valence-electron chi connectivity index (χ0n) is 38.7. The first-order valence-electron chi connectivity index (χ1n) is 22.7. The topological polar surface area (TPSA) is 193 Å². The minimum absolute atomic E-state index is 0.0223. The Labute approximate surface area is 385 Å². The molecule has 0 saturated carbocycles. The molecule has 1 aliphatic carbocycles. The van der Waals surface area contributed by atoms with Crippen LogP contribution in [0.3, 0.4) is 0 Å². The Hall–Kier alpha value is -6.68. The minimum Gasteiger partial charge on any atom is -0.488 e. The number of nitrogens with zero attached hydrogens (tertiary/aromatic N) is 4. The van der Waals surface area contributed by atoms with Gasteiger partial charge in [0.1, 0.15) is 36.1 Å². The number of aryl methyl sites for hydroxylation is 2. The lowest BCUT2D eigenvalue weighted by atomic mass is 9.86. The molecule has 4 aliphatic rings. The summed E-state index contributed by atoms with van der Waals surface area (Å²) in [7, 11) is 4.21. The molecule has 348 valence electrons. The highest BCUT2D eigenvalue weighted by molar-refractivity contribution is 5.90. The quantitative estimate of drug-likeness (QED) is 0.0977. The third-order valence-corrected chi connectivity index (χ3v) is 13.3. The Morgan fingerprint density at radius 1 is 0.924 bits per heavy atom. The van der Waals surface area contributed by atoms with Crippen molar-refractivity contribution in [2.75, 3.05) is 34.5 Å². The Bertz CT molecular complexity index is 2570. The molecule has 16 nitrogen and oxygen atoms in total. The van der Waals surface area contributed by atoms with Crippen molar-refractivity contribution in [3.63, 3.8) is 0 Å². The van der Waals surface area contributed by atoms with Gasteiger partial charge in [0.2, 0.25) is 5.91 Å². The first-order valence-corrected chi connectivity index (χ1v) is 22.7. The molecule has 0 spiro atoms. The molecular weight excluding hydrogens is 841 g/mol. The second kappa shape index (κ2) is 19.4. The molecule has 0 bridgehead atoms. The maximum atomic E-state index is 14.4. The van der Waals surface area contributed by atoms with Crippen LogP contribution < -0.4 is 15.4 Å². The molecule has 4 amide bonds. The van der Waals surface area contributed by atoms with E-state index in [1.54, 1.807) is 24.2 Å². The van der Waals surface area contributed by atoms with Gasteiger partial charge in [0.05, 0.1) is 50.5 Å². The van der Waals surface area contributed by atoms with Crippen LogP contribution in [-0.2, 0) is 43.2 Å². The van der Waals surface area contributed by atoms with Gasteiger partial charge in [0.15, 0.2) is 0 Å². The molecule has 2 aromatic heterocycles. The number of benzene rings is 2. The summed E-state index contributed by atoms with van der Waals surface area (Å²) in [6, 6.07) is 8.22. The lowest BCUT2D eigenvalue weighted by molar-refractivity contribution is -0.137. The van der Waals surface area contributed by atoms with Gasteiger partial charge in [-0.2, -0.15) is 0 Å². The maximum absolute atomic E-state index is 14.4. The molecule has 16 heteroatoms. The first kappa shape index (κ1) is 45.9. The number of alkyl carbamates (subject to hydrolysis) is 2. The largest absolute Gasteiger partial charge is 0.488 e. The number of methoxy groups -OCH3 is 3. The summed E-state index contributed by atoms with van der Waals surface area (Å²) in [5, 5.41) is 5.42. The van der Waals surface area contributed by atoms with Gasteiger partial charge in [-0.15, -0.1) is 0 Å². The summed E-state index contributed by atoms with van der Waals surface area (Å²) in [6.07, 6.45) is 11.4. The fourth-order valence-electron chi connectivity index (χ4n) is 9.89. The lowest BCUT2D eigenvalue weighted by Gasteiger charge is -2.32. The first-order chi connectivity index (χ1) is 31.8. The van der Waals surface area contributed by atoms with Crippen molar-refractivity contribution in [2.45, 2.75) is 96.6 Å². The number of hydrogen-bond donors (Lipinski definition) is 4. The van der Waals surface area contributed by atoms with Crippen LogP contribution in [0.25, 0.3) is 33.6 Å². The van der Waals surface area contributed by atoms with E-state index in [1.165, 1.54) is 14.2 Å². The summed E-state index contributed by atoms with van der Waals surface area (Å²) >= 11 is 0. The van der Waals surface area contributed by atoms with Crippen LogP contribution in [0.2, 0.25) is 0 Å². The third-order valence-electron chi connectivity index (χ3n) is 13.3. The number of likely N-dealkylation sites (tertiary alicyclic amines) is 2. The standard InChI is InChI=1S/C50H60N8O8/c1-9-10-11-12-28(4)43(56-50(62)65-8)47(59)57-24-30(25-63-6)19-40(57)46-52-37-17-15-31-21-36-34-16-14-32(20-33(34)26-66-41(36)22-35(31)44(37)54-46)38-23-51-45(53-38)39-18-13-29(5)58(39)48(60)42(27(2)3)55-49(61)64-7/h9-12,14,16,20-23,27,29-30,39-40,42-43H,4,13,15,17-19,24-26H2,1-3,5-8H3,(H,51,53)(H,52,54)(H,55,61)(H,56,62)/b10-9-,12-11-/t29-,30-,39-,40-,42-,43+/m0/s1. The van der Waals surface area contributed by atoms with Gasteiger partial charge in [-0.05, 0) is 97.9 Å². The lowest BCUT2D eigenvalue weighted by Crippen LogP contribution is -2.52. The average Bonchev–Trinajstić information content (AvgIpc) is 4.14. The van der Waals surface area contributed by atoms with Crippen molar-refractivity contribution >= 4 is 24.0 Å². The Balaban J connectivity index is 1.03. The van der Waals surface area contributed by atoms with Gasteiger partial charge in [0.25, 0.3) is 5.91 Å². The van der Waals surface area contributed by atoms with Crippen molar-refractivity contribution in [2.24, 2.45) is 11.8 Å². The number of nitrogens with one attached hydrogen (secondary N) is 4. The van der Waals surface area contributed by atoms with Crippen LogP contribution in [0.4, 0.5) is 9.59 Å². The fraction of sp³-hybridized carbons (Fsp3) is 0.440. The average molecular weight is 901 g/mol. The summed E-state index contributed by atoms with van der Waals surface area (Å²) in [4.78, 5) is 73.6. The number of imidazole rings is 2. The van der Waals surface area contributed by atoms with E-state index >= 15 is 0 Å². The van der Waals surface area contributed by atoms with Gasteiger partial charge in [0, 0.05) is 42.4 Å². The van der Waals surface area contributed by atoms with Gasteiger partial charge < -0.3 is 49.3 Å². The van der Waals surface area contributed by atoms with E-state index in [4.69, 9.17) is 28.9 Å². The molecular formula is C50H60N8O8. The van der Waals surface area contributed by atoms with Crippen molar-refractivity contribution in [1.29, 1.82) is 0 Å². The number of carbonyl (C=O) groups excluding carboxylic acids is 4. The van der Waals surface area contributed by atoms with E-state index in [1.807, 2.05) is 50.9 Å². The zero-order chi connectivity index (χ0) is 46.8. The predicted octanol–water partition coefficient (Wildman–Crippen LogP) is 7.51. The van der Waals surface area contributed by atoms with Crippen molar-refractivity contribution in [3.8, 4) is 39.4 Å². The number of H-pyrrole nitrogens is 2. The van der Waals surface area contributed by atoms with Crippen LogP contribution in [0.1, 0.15) is 87.5 Å². The molecule has 2 aromatic carbocycles. The normalized spacial score (nSPS) is 20.6. The number of fused-ring (bicyclic) bond motifs is 6. The molecule has 5 heterocycles. The molecule has 8 rings (SSSR count). The molecule has 2 fully saturated rings. The highest BCUT2D eigenvalue weighted by Gasteiger charge is 2.43. The smallest absolute Gasteiger partial charge is 0.407 e. The van der Waals surface area contributed by atoms with Crippen molar-refractivity contribution in [3.05, 3.63) is 101 Å². The minimum atomic E-state index is -1.04. The Morgan fingerprint density at radius 3 is 2.45 bits per heavy atom. The summed E-state index contributed by atoms with van der Waals surface area (Å²) in [5.41, 5.74) is 9.37. The second-order valence-electron chi connectivity index (χ2n) is 17.9. The number of aromatic amines is 2. The third kappa shape index (κ3) is 8.98. The van der Waals surface area contributed by atoms with Crippen LogP contribution in [0.15, 0.2) is 73.0 Å². The SMILES string of the molecule is C=C(/C=C\C=C/C)[C@@H](NC(=O)OC)C(=O)N1C[C@@H](COC)C[C@H]1c1nc2c([nH]1)CCc1cc3c(cc1-2)OCc1cc(-c2cnc([C@@H]4CC[C@H](C)N4C(=O)[C@@H](NC(=O)OC)C(C)C)[nH]2)ccc1-3. The van der Waals surface area contributed by atoms with Crippen molar-refractivity contribution in [1.82, 2.24) is 40.4 Å². The van der Waals surface area contributed by atoms with E-state index in [0.29, 0.717) is 43.4 Å². The second-order valence-corrected chi connectivity index (χ2v) is 17.9. The molecule has 0 radical (unpaired) electrons. The maximum Gasteiger partial charge on any atom is 0.407 e. The van der Waals surface area contributed by atoms with Crippen LogP contribution in [0.5, 0.6) is 5.75 Å². The summed E-state index contributed by atoms with van der Waals surface area (Å²) in [6.45, 7) is 13.1. The molecule has 6 atom stereocenters. The highest BCUT2D eigenvalue weighted by atomic mass is 16.5. The Kier molecular flexibility index (Phi) is 13.5. The number of hydrogen-bond acceptors (Lipinski definition) is 10.